The monoisotopic (exact) mass is 434 g/mol. The topological polar surface area (TPSA) is 58.6 Å². The highest BCUT2D eigenvalue weighted by Crippen LogP contribution is 2.38. The van der Waals surface area contributed by atoms with Crippen LogP contribution in [0.1, 0.15) is 40.0 Å². The summed E-state index contributed by atoms with van der Waals surface area (Å²) in [6, 6.07) is 22.0. The zero-order valence-electron chi connectivity index (χ0n) is 17.2. The first-order chi connectivity index (χ1) is 15.1. The lowest BCUT2D eigenvalue weighted by molar-refractivity contribution is 0.0526. The molecule has 5 nitrogen and oxygen atoms in total. The summed E-state index contributed by atoms with van der Waals surface area (Å²) in [7, 11) is 0. The number of nitrogens with one attached hydrogen (secondary N) is 1. The number of benzene rings is 3. The molecule has 0 saturated carbocycles. The third-order valence-corrected chi connectivity index (χ3v) is 5.74. The van der Waals surface area contributed by atoms with Crippen molar-refractivity contribution in [2.75, 3.05) is 18.5 Å². The van der Waals surface area contributed by atoms with Crippen molar-refractivity contribution in [2.45, 2.75) is 19.4 Å². The van der Waals surface area contributed by atoms with Gasteiger partial charge in [0, 0.05) is 17.3 Å². The number of fused-ring (bicyclic) bond motifs is 1. The summed E-state index contributed by atoms with van der Waals surface area (Å²) in [6.45, 7) is 2.65. The van der Waals surface area contributed by atoms with E-state index in [0.29, 0.717) is 29.4 Å². The number of ether oxygens (including phenoxy) is 1. The Morgan fingerprint density at radius 1 is 1.00 bits per heavy atom. The summed E-state index contributed by atoms with van der Waals surface area (Å²) in [5, 5.41) is 3.58. The van der Waals surface area contributed by atoms with Crippen LogP contribution in [-0.4, -0.2) is 30.1 Å². The number of carbonyl (C=O) groups excluding carboxylic acids is 2. The van der Waals surface area contributed by atoms with Crippen molar-refractivity contribution in [3.63, 3.8) is 0 Å². The number of amides is 2. The maximum absolute atomic E-state index is 13.3. The molecular weight excluding hydrogens is 412 g/mol. The zero-order chi connectivity index (χ0) is 21.8. The molecule has 1 N–H and O–H groups in total. The molecule has 1 aliphatic rings. The molecule has 0 spiro atoms. The fourth-order valence-electron chi connectivity index (χ4n) is 3.92. The number of nitrogens with zero attached hydrogens (tertiary/aromatic N) is 1. The van der Waals surface area contributed by atoms with Crippen molar-refractivity contribution in [3.8, 4) is 0 Å². The van der Waals surface area contributed by atoms with Crippen LogP contribution >= 0.6 is 11.6 Å². The van der Waals surface area contributed by atoms with Gasteiger partial charge in [0.15, 0.2) is 0 Å². The average molecular weight is 435 g/mol. The second-order valence-electron chi connectivity index (χ2n) is 7.29. The second-order valence-corrected chi connectivity index (χ2v) is 7.70. The summed E-state index contributed by atoms with van der Waals surface area (Å²) >= 11 is 6.52. The minimum atomic E-state index is -0.383. The summed E-state index contributed by atoms with van der Waals surface area (Å²) < 4.78 is 5.00. The third kappa shape index (κ3) is 4.42. The molecule has 3 aromatic rings. The van der Waals surface area contributed by atoms with Crippen molar-refractivity contribution >= 4 is 29.3 Å². The molecule has 0 unspecified atom stereocenters. The average Bonchev–Trinajstić information content (AvgIpc) is 2.79. The number of halogens is 1. The number of carbonyl (C=O) groups is 2. The van der Waals surface area contributed by atoms with E-state index in [-0.39, 0.29) is 18.0 Å². The minimum Gasteiger partial charge on any atom is -0.462 e. The number of hydrogen-bond donors (Lipinski definition) is 1. The van der Waals surface area contributed by atoms with Crippen LogP contribution in [0.2, 0.25) is 5.02 Å². The van der Waals surface area contributed by atoms with E-state index >= 15 is 0 Å². The maximum Gasteiger partial charge on any atom is 0.338 e. The molecule has 158 valence electrons. The van der Waals surface area contributed by atoms with Gasteiger partial charge in [-0.15, -0.1) is 0 Å². The Balaban J connectivity index is 1.61. The lowest BCUT2D eigenvalue weighted by atomic mass is 9.88. The van der Waals surface area contributed by atoms with Gasteiger partial charge in [-0.3, -0.25) is 0 Å². The zero-order valence-corrected chi connectivity index (χ0v) is 17.9. The highest BCUT2D eigenvalue weighted by molar-refractivity contribution is 6.31. The van der Waals surface area contributed by atoms with Crippen LogP contribution in [0.4, 0.5) is 10.5 Å². The molecule has 1 aliphatic heterocycles. The van der Waals surface area contributed by atoms with Crippen molar-refractivity contribution < 1.29 is 14.3 Å². The first-order valence-corrected chi connectivity index (χ1v) is 10.6. The minimum absolute atomic E-state index is 0.219. The second kappa shape index (κ2) is 9.23. The predicted molar refractivity (Wildman–Crippen MR) is 122 cm³/mol. The lowest BCUT2D eigenvalue weighted by Gasteiger charge is -2.38. The van der Waals surface area contributed by atoms with E-state index in [1.165, 1.54) is 5.56 Å². The standard InChI is InChI=1S/C25H23ClN2O3/c1-2-31-24(29)18-11-13-19(14-12-18)27-25(30)28-16-15-17-7-3-4-8-20(17)23(28)21-9-5-6-10-22(21)26/h3-14,23H,2,15-16H2,1H3,(H,27,30)/t23-/m0/s1. The van der Waals surface area contributed by atoms with Gasteiger partial charge in [0.2, 0.25) is 0 Å². The van der Waals surface area contributed by atoms with Crippen molar-refractivity contribution in [2.24, 2.45) is 0 Å². The van der Waals surface area contributed by atoms with Crippen LogP contribution in [0, 0.1) is 0 Å². The van der Waals surface area contributed by atoms with Crippen LogP contribution in [-0.2, 0) is 11.2 Å². The van der Waals surface area contributed by atoms with E-state index in [4.69, 9.17) is 16.3 Å². The molecule has 1 atom stereocenters. The normalized spacial score (nSPS) is 15.2. The molecule has 4 rings (SSSR count). The number of esters is 1. The van der Waals surface area contributed by atoms with Gasteiger partial charge >= 0.3 is 12.0 Å². The molecule has 1 heterocycles. The number of rotatable bonds is 4. The van der Waals surface area contributed by atoms with Crippen LogP contribution in [0.15, 0.2) is 72.8 Å². The predicted octanol–water partition coefficient (Wildman–Crippen LogP) is 5.70. The summed E-state index contributed by atoms with van der Waals surface area (Å²) in [6.07, 6.45) is 0.770. The Hall–Kier alpha value is -3.31. The Bertz CT molecular complexity index is 1100. The molecule has 6 heteroatoms. The van der Waals surface area contributed by atoms with E-state index < -0.39 is 0 Å². The van der Waals surface area contributed by atoms with Gasteiger partial charge in [-0.2, -0.15) is 0 Å². The summed E-state index contributed by atoms with van der Waals surface area (Å²) in [5.41, 5.74) is 4.24. The Labute approximate surface area is 186 Å². The number of anilines is 1. The van der Waals surface area contributed by atoms with Crippen molar-refractivity contribution in [3.05, 3.63) is 100 Å². The molecule has 0 bridgehead atoms. The van der Waals surface area contributed by atoms with Gasteiger partial charge in [-0.05, 0) is 60.4 Å². The van der Waals surface area contributed by atoms with Gasteiger partial charge in [0.25, 0.3) is 0 Å². The fraction of sp³-hybridized carbons (Fsp3) is 0.200. The molecule has 31 heavy (non-hydrogen) atoms. The van der Waals surface area contributed by atoms with E-state index in [1.807, 2.05) is 41.3 Å². The Morgan fingerprint density at radius 2 is 1.68 bits per heavy atom. The van der Waals surface area contributed by atoms with Gasteiger partial charge < -0.3 is 15.0 Å². The van der Waals surface area contributed by atoms with E-state index in [9.17, 15) is 9.59 Å². The van der Waals surface area contributed by atoms with E-state index in [0.717, 1.165) is 17.5 Å². The first kappa shape index (κ1) is 20.9. The van der Waals surface area contributed by atoms with Gasteiger partial charge in [0.05, 0.1) is 18.2 Å². The molecule has 2 amide bonds. The summed E-state index contributed by atoms with van der Waals surface area (Å²) in [5.74, 6) is -0.383. The lowest BCUT2D eigenvalue weighted by Crippen LogP contribution is -2.43. The van der Waals surface area contributed by atoms with Gasteiger partial charge in [-0.25, -0.2) is 9.59 Å². The molecule has 0 aromatic heterocycles. The van der Waals surface area contributed by atoms with Crippen LogP contribution < -0.4 is 5.32 Å². The molecule has 0 radical (unpaired) electrons. The smallest absolute Gasteiger partial charge is 0.338 e. The quantitative estimate of drug-likeness (QED) is 0.536. The fourth-order valence-corrected chi connectivity index (χ4v) is 4.16. The number of urea groups is 1. The maximum atomic E-state index is 13.3. The van der Waals surface area contributed by atoms with Crippen LogP contribution in [0.3, 0.4) is 0 Å². The molecule has 0 saturated heterocycles. The SMILES string of the molecule is CCOC(=O)c1ccc(NC(=O)N2CCc3ccccc3[C@H]2c2ccccc2Cl)cc1. The molecule has 3 aromatic carbocycles. The molecule has 0 fully saturated rings. The highest BCUT2D eigenvalue weighted by Gasteiger charge is 2.33. The van der Waals surface area contributed by atoms with Crippen LogP contribution in [0.25, 0.3) is 0 Å². The van der Waals surface area contributed by atoms with Crippen molar-refractivity contribution in [1.29, 1.82) is 0 Å². The largest absolute Gasteiger partial charge is 0.462 e. The van der Waals surface area contributed by atoms with Gasteiger partial charge in [-0.1, -0.05) is 54.1 Å². The number of hydrogen-bond acceptors (Lipinski definition) is 3. The Morgan fingerprint density at radius 3 is 2.39 bits per heavy atom. The Kier molecular flexibility index (Phi) is 6.23. The van der Waals surface area contributed by atoms with E-state index in [1.54, 1.807) is 31.2 Å². The van der Waals surface area contributed by atoms with Crippen LogP contribution in [0.5, 0.6) is 0 Å². The molecular formula is C25H23ClN2O3. The van der Waals surface area contributed by atoms with Gasteiger partial charge in [0.1, 0.15) is 0 Å². The van der Waals surface area contributed by atoms with E-state index in [2.05, 4.69) is 17.4 Å². The molecule has 0 aliphatic carbocycles. The highest BCUT2D eigenvalue weighted by atomic mass is 35.5. The third-order valence-electron chi connectivity index (χ3n) is 5.39. The summed E-state index contributed by atoms with van der Waals surface area (Å²) in [4.78, 5) is 26.9. The first-order valence-electron chi connectivity index (χ1n) is 10.3. The van der Waals surface area contributed by atoms with Crippen molar-refractivity contribution in [1.82, 2.24) is 4.90 Å².